The first-order valence-corrected chi connectivity index (χ1v) is 9.68. The Morgan fingerprint density at radius 1 is 0.903 bits per heavy atom. The molecular weight excluding hydrogens is 392 g/mol. The maximum atomic E-state index is 12.9. The van der Waals surface area contributed by atoms with E-state index in [0.29, 0.717) is 11.4 Å². The molecule has 0 fully saturated rings. The Kier molecular flexibility index (Phi) is 5.79. The lowest BCUT2D eigenvalue weighted by molar-refractivity contribution is -0.117. The fourth-order valence-corrected chi connectivity index (χ4v) is 3.00. The van der Waals surface area contributed by atoms with Crippen molar-refractivity contribution in [2.24, 2.45) is 15.3 Å². The van der Waals surface area contributed by atoms with E-state index in [0.717, 1.165) is 11.4 Å². The number of carbonyl (C=O) groups excluding carboxylic acids is 2. The number of nitrogens with one attached hydrogen (secondary N) is 2. The molecule has 154 valence electrons. The largest absolute Gasteiger partial charge is 0.356 e. The molecular formula is C23H20N6O2. The molecule has 0 saturated carbocycles. The maximum Gasteiger partial charge on any atom is 0.282 e. The third-order valence-corrected chi connectivity index (χ3v) is 4.43. The number of para-hydroxylation sites is 2. The molecule has 8 nitrogen and oxygen atoms in total. The van der Waals surface area contributed by atoms with Crippen molar-refractivity contribution in [2.45, 2.75) is 13.0 Å². The van der Waals surface area contributed by atoms with Crippen LogP contribution in [0.3, 0.4) is 0 Å². The van der Waals surface area contributed by atoms with E-state index in [4.69, 9.17) is 0 Å². The first kappa shape index (κ1) is 20.0. The molecule has 0 bridgehead atoms. The summed E-state index contributed by atoms with van der Waals surface area (Å²) in [4.78, 5) is 24.4. The van der Waals surface area contributed by atoms with Crippen molar-refractivity contribution in [1.29, 1.82) is 0 Å². The smallest absolute Gasteiger partial charge is 0.282 e. The Hall–Kier alpha value is -4.33. The summed E-state index contributed by atoms with van der Waals surface area (Å²) in [5, 5.41) is 19.7. The summed E-state index contributed by atoms with van der Waals surface area (Å²) in [5.41, 5.74) is 3.04. The van der Waals surface area contributed by atoms with E-state index in [1.54, 1.807) is 36.4 Å². The van der Waals surface area contributed by atoms with Gasteiger partial charge in [0, 0.05) is 18.3 Å². The number of hydrazone groups is 1. The summed E-state index contributed by atoms with van der Waals surface area (Å²) in [7, 11) is 0. The molecule has 1 aliphatic heterocycles. The minimum atomic E-state index is -1.02. The zero-order valence-electron chi connectivity index (χ0n) is 16.8. The van der Waals surface area contributed by atoms with Gasteiger partial charge in [0.1, 0.15) is 0 Å². The molecule has 0 spiro atoms. The number of hydrogen-bond donors (Lipinski definition) is 2. The topological polar surface area (TPSA) is 98.5 Å². The Morgan fingerprint density at radius 2 is 1.52 bits per heavy atom. The lowest BCUT2D eigenvalue weighted by Crippen LogP contribution is -2.38. The van der Waals surface area contributed by atoms with Gasteiger partial charge in [-0.15, -0.1) is 5.10 Å². The first-order valence-electron chi connectivity index (χ1n) is 9.68. The van der Waals surface area contributed by atoms with Gasteiger partial charge in [0.25, 0.3) is 5.91 Å². The molecule has 1 atom stereocenters. The van der Waals surface area contributed by atoms with Crippen LogP contribution < -0.4 is 15.6 Å². The number of anilines is 3. The van der Waals surface area contributed by atoms with Crippen LogP contribution in [0, 0.1) is 0 Å². The molecule has 0 aliphatic carbocycles. The van der Waals surface area contributed by atoms with Crippen LogP contribution in [0.25, 0.3) is 0 Å². The van der Waals surface area contributed by atoms with Gasteiger partial charge in [-0.1, -0.05) is 36.4 Å². The van der Waals surface area contributed by atoms with Gasteiger partial charge in [0.05, 0.1) is 11.4 Å². The summed E-state index contributed by atoms with van der Waals surface area (Å²) in [6.45, 7) is 1.35. The lowest BCUT2D eigenvalue weighted by atomic mass is 10.2. The number of carbonyl (C=O) groups is 2. The van der Waals surface area contributed by atoms with Crippen LogP contribution in [0.4, 0.5) is 22.7 Å². The fourth-order valence-electron chi connectivity index (χ4n) is 3.00. The summed E-state index contributed by atoms with van der Waals surface area (Å²) in [5.74, 6) is -0.577. The highest BCUT2D eigenvalue weighted by molar-refractivity contribution is 6.21. The summed E-state index contributed by atoms with van der Waals surface area (Å²) >= 11 is 0. The van der Waals surface area contributed by atoms with Crippen molar-refractivity contribution in [1.82, 2.24) is 5.32 Å². The SMILES string of the molecule is CC(=O)NC1=NN(c2ccccc2)C(=O)[C@@H]1N=Nc1ccc(Nc2ccccc2)cc1. The van der Waals surface area contributed by atoms with Crippen molar-refractivity contribution in [3.63, 3.8) is 0 Å². The van der Waals surface area contributed by atoms with Crippen molar-refractivity contribution in [2.75, 3.05) is 10.3 Å². The second-order valence-corrected chi connectivity index (χ2v) is 6.81. The van der Waals surface area contributed by atoms with Crippen LogP contribution in [-0.4, -0.2) is 23.7 Å². The molecule has 8 heteroatoms. The number of azo groups is 1. The predicted molar refractivity (Wildman–Crippen MR) is 120 cm³/mol. The first-order chi connectivity index (χ1) is 15.1. The van der Waals surface area contributed by atoms with Crippen molar-refractivity contribution in [3.05, 3.63) is 84.9 Å². The maximum absolute atomic E-state index is 12.9. The third-order valence-electron chi connectivity index (χ3n) is 4.43. The Balaban J connectivity index is 1.50. The van der Waals surface area contributed by atoms with Crippen molar-refractivity contribution in [3.8, 4) is 0 Å². The number of benzene rings is 3. The van der Waals surface area contributed by atoms with Crippen LogP contribution in [0.1, 0.15) is 6.92 Å². The van der Waals surface area contributed by atoms with Gasteiger partial charge >= 0.3 is 0 Å². The number of nitrogens with zero attached hydrogens (tertiary/aromatic N) is 4. The van der Waals surface area contributed by atoms with Crippen molar-refractivity contribution < 1.29 is 9.59 Å². The van der Waals surface area contributed by atoms with E-state index < -0.39 is 6.04 Å². The predicted octanol–water partition coefficient (Wildman–Crippen LogP) is 4.38. The van der Waals surface area contributed by atoms with E-state index in [9.17, 15) is 9.59 Å². The van der Waals surface area contributed by atoms with Gasteiger partial charge in [-0.2, -0.15) is 15.2 Å². The summed E-state index contributed by atoms with van der Waals surface area (Å²) in [6.07, 6.45) is 0. The number of amides is 2. The molecule has 0 radical (unpaired) electrons. The zero-order chi connectivity index (χ0) is 21.6. The zero-order valence-corrected chi connectivity index (χ0v) is 16.8. The van der Waals surface area contributed by atoms with Crippen LogP contribution in [-0.2, 0) is 9.59 Å². The van der Waals surface area contributed by atoms with Crippen molar-refractivity contribution >= 4 is 40.4 Å². The van der Waals surface area contributed by atoms with Gasteiger partial charge in [-0.05, 0) is 48.5 Å². The van der Waals surface area contributed by atoms with Gasteiger partial charge in [0.15, 0.2) is 5.84 Å². The van der Waals surface area contributed by atoms with Gasteiger partial charge < -0.3 is 10.6 Å². The average Bonchev–Trinajstić information content (AvgIpc) is 3.09. The highest BCUT2D eigenvalue weighted by Crippen LogP contribution is 2.24. The standard InChI is InChI=1S/C23H20N6O2/c1-16(30)24-22-21(23(31)29(28-22)20-10-6-3-7-11-20)27-26-19-14-12-18(13-15-19)25-17-8-4-2-5-9-17/h2-15,21,25H,1H3,(H,24,28,30)/t21-/m1/s1. The fraction of sp³-hybridized carbons (Fsp3) is 0.0870. The molecule has 0 unspecified atom stereocenters. The van der Waals surface area contributed by atoms with Crippen LogP contribution in [0.5, 0.6) is 0 Å². The molecule has 31 heavy (non-hydrogen) atoms. The second-order valence-electron chi connectivity index (χ2n) is 6.81. The van der Waals surface area contributed by atoms with E-state index in [1.807, 2.05) is 48.5 Å². The van der Waals surface area contributed by atoms with E-state index in [2.05, 4.69) is 26.0 Å². The normalized spacial score (nSPS) is 15.8. The molecule has 3 aromatic rings. The van der Waals surface area contributed by atoms with Gasteiger partial charge in [-0.25, -0.2) is 0 Å². The highest BCUT2D eigenvalue weighted by atomic mass is 16.2. The Morgan fingerprint density at radius 3 is 2.16 bits per heavy atom. The van der Waals surface area contributed by atoms with Gasteiger partial charge in [0.2, 0.25) is 11.9 Å². The minimum absolute atomic E-state index is 0.146. The summed E-state index contributed by atoms with van der Waals surface area (Å²) in [6, 6.07) is 25.1. The average molecular weight is 412 g/mol. The third kappa shape index (κ3) is 4.81. The second kappa shape index (κ2) is 9.00. The monoisotopic (exact) mass is 412 g/mol. The Labute approximate surface area is 179 Å². The van der Waals surface area contributed by atoms with E-state index in [-0.39, 0.29) is 17.6 Å². The van der Waals surface area contributed by atoms with Crippen LogP contribution >= 0.6 is 0 Å². The molecule has 4 rings (SSSR count). The number of hydrogen-bond acceptors (Lipinski definition) is 6. The molecule has 2 amide bonds. The molecule has 0 saturated heterocycles. The molecule has 1 heterocycles. The number of amidine groups is 1. The van der Waals surface area contributed by atoms with Gasteiger partial charge in [-0.3, -0.25) is 9.59 Å². The van der Waals surface area contributed by atoms with Crippen LogP contribution in [0.2, 0.25) is 0 Å². The molecule has 0 aromatic heterocycles. The molecule has 1 aliphatic rings. The summed E-state index contributed by atoms with van der Waals surface area (Å²) < 4.78 is 0. The molecule has 2 N–H and O–H groups in total. The Bertz CT molecular complexity index is 1130. The van der Waals surface area contributed by atoms with Crippen LogP contribution in [0.15, 0.2) is 100 Å². The lowest BCUT2D eigenvalue weighted by Gasteiger charge is -2.11. The van der Waals surface area contributed by atoms with E-state index >= 15 is 0 Å². The quantitative estimate of drug-likeness (QED) is 0.609. The van der Waals surface area contributed by atoms with E-state index in [1.165, 1.54) is 11.9 Å². The minimum Gasteiger partial charge on any atom is -0.356 e. The molecule has 3 aromatic carbocycles. The highest BCUT2D eigenvalue weighted by Gasteiger charge is 2.37. The number of rotatable bonds is 5.